The number of aliphatic hydroxyl groups excluding tert-OH is 2. The number of benzene rings is 3. The van der Waals surface area contributed by atoms with E-state index >= 15 is 0 Å². The molecular formula is C35H47Cl2N7O5S. The van der Waals surface area contributed by atoms with Crippen molar-refractivity contribution in [1.82, 2.24) is 15.5 Å². The van der Waals surface area contributed by atoms with Crippen molar-refractivity contribution in [3.05, 3.63) is 107 Å². The highest BCUT2D eigenvalue weighted by Gasteiger charge is 2.25. The first-order chi connectivity index (χ1) is 23.6. The van der Waals surface area contributed by atoms with Gasteiger partial charge >= 0.3 is 0 Å². The van der Waals surface area contributed by atoms with Gasteiger partial charge in [0.2, 0.25) is 5.96 Å². The molecule has 0 aliphatic heterocycles. The number of alkyl halides is 2. The highest BCUT2D eigenvalue weighted by molar-refractivity contribution is 7.90. The molecule has 1 amide bonds. The average Bonchev–Trinajstić information content (AvgIpc) is 3.23. The van der Waals surface area contributed by atoms with Crippen LogP contribution in [0, 0.1) is 5.41 Å². The number of carbonyl (C=O) groups excluding carboxylic acids is 1. The topological polar surface area (TPSA) is 207 Å². The molecule has 4 rings (SSSR count). The molecule has 0 saturated carbocycles. The van der Waals surface area contributed by atoms with E-state index in [2.05, 4.69) is 70.2 Å². The molecule has 0 aromatic heterocycles. The summed E-state index contributed by atoms with van der Waals surface area (Å²) in [5.41, 5.74) is 17.7. The van der Waals surface area contributed by atoms with E-state index in [1.165, 1.54) is 52.1 Å². The zero-order valence-corrected chi connectivity index (χ0v) is 30.9. The molecular weight excluding hydrogens is 701 g/mol. The predicted octanol–water partition coefficient (Wildman–Crippen LogP) is 2.99. The van der Waals surface area contributed by atoms with Gasteiger partial charge in [-0.05, 0) is 78.4 Å². The molecule has 50 heavy (non-hydrogen) atoms. The molecule has 0 spiro atoms. The van der Waals surface area contributed by atoms with Gasteiger partial charge in [0.1, 0.15) is 6.10 Å². The highest BCUT2D eigenvalue weighted by Crippen LogP contribution is 2.33. The maximum absolute atomic E-state index is 11.4. The van der Waals surface area contributed by atoms with E-state index in [0.717, 1.165) is 32.1 Å². The number of hydrogen-bond acceptors (Lipinski definition) is 7. The van der Waals surface area contributed by atoms with E-state index in [-0.39, 0.29) is 16.8 Å². The number of halogens is 2. The third kappa shape index (κ3) is 13.4. The van der Waals surface area contributed by atoms with E-state index < -0.39 is 39.3 Å². The summed E-state index contributed by atoms with van der Waals surface area (Å²) >= 11 is 10.7. The fraction of sp³-hybridized carbons (Fsp3) is 0.343. The second-order valence-electron chi connectivity index (χ2n) is 11.5. The lowest BCUT2D eigenvalue weighted by molar-refractivity contribution is -0.121. The number of aliphatic imine (C=N–C) groups is 1. The van der Waals surface area contributed by atoms with Crippen molar-refractivity contribution < 1.29 is 23.4 Å². The molecule has 0 bridgehead atoms. The van der Waals surface area contributed by atoms with E-state index in [9.17, 15) is 23.4 Å². The van der Waals surface area contributed by atoms with Crippen molar-refractivity contribution in [3.8, 4) is 0 Å². The van der Waals surface area contributed by atoms with Crippen LogP contribution < -0.4 is 22.1 Å². The Morgan fingerprint density at radius 1 is 1.00 bits per heavy atom. The van der Waals surface area contributed by atoms with Crippen LogP contribution in [-0.4, -0.2) is 92.8 Å². The van der Waals surface area contributed by atoms with Crippen LogP contribution in [0.5, 0.6) is 0 Å². The summed E-state index contributed by atoms with van der Waals surface area (Å²) < 4.78 is 22.7. The van der Waals surface area contributed by atoms with Crippen LogP contribution in [0.25, 0.3) is 5.57 Å². The number of nitrogens with one attached hydrogen (secondary N) is 3. The van der Waals surface area contributed by atoms with Crippen molar-refractivity contribution in [3.63, 3.8) is 0 Å². The van der Waals surface area contributed by atoms with Gasteiger partial charge in [-0.3, -0.25) is 10.2 Å². The van der Waals surface area contributed by atoms with Gasteiger partial charge in [-0.1, -0.05) is 89.9 Å². The lowest BCUT2D eigenvalue weighted by Gasteiger charge is -2.23. The summed E-state index contributed by atoms with van der Waals surface area (Å²) in [5.74, 6) is -0.784. The summed E-state index contributed by atoms with van der Waals surface area (Å²) in [6.45, 7) is 0.481. The Morgan fingerprint density at radius 3 is 1.92 bits per heavy atom. The predicted molar refractivity (Wildman–Crippen MR) is 202 cm³/mol. The number of sulfone groups is 1. The SMILES string of the molecule is CN(C)C(N)=NC(=N)N.CNCCC=C1c2ccccc2CCc2ccccc21.CS(=O)(=O)c1ccc([C@@H](O)[C@@H](CO)NC(=O)C(Cl)Cl)cc1. The summed E-state index contributed by atoms with van der Waals surface area (Å²) in [7, 11) is 2.12. The van der Waals surface area contributed by atoms with E-state index in [4.69, 9.17) is 40.1 Å². The number of amides is 1. The van der Waals surface area contributed by atoms with Crippen LogP contribution in [0.15, 0.2) is 88.8 Å². The van der Waals surface area contributed by atoms with Gasteiger partial charge in [0.15, 0.2) is 20.6 Å². The maximum Gasteiger partial charge on any atom is 0.253 e. The Bertz CT molecular complexity index is 1680. The zero-order chi connectivity index (χ0) is 37.4. The summed E-state index contributed by atoms with van der Waals surface area (Å²) in [6.07, 6.45) is 5.55. The van der Waals surface area contributed by atoms with Crippen LogP contribution in [-0.2, 0) is 27.5 Å². The van der Waals surface area contributed by atoms with Gasteiger partial charge in [-0.2, -0.15) is 4.99 Å². The van der Waals surface area contributed by atoms with Crippen LogP contribution >= 0.6 is 23.2 Å². The first-order valence-corrected chi connectivity index (χ1v) is 18.4. The zero-order valence-electron chi connectivity index (χ0n) is 28.6. The van der Waals surface area contributed by atoms with Crippen LogP contribution in [0.1, 0.15) is 40.3 Å². The van der Waals surface area contributed by atoms with Crippen molar-refractivity contribution in [1.29, 1.82) is 5.41 Å². The highest BCUT2D eigenvalue weighted by atomic mass is 35.5. The maximum atomic E-state index is 11.4. The van der Waals surface area contributed by atoms with Crippen molar-refractivity contribution in [2.45, 2.75) is 41.1 Å². The average molecular weight is 749 g/mol. The molecule has 0 heterocycles. The number of aryl methyl sites for hydroxylation is 2. The Hall–Kier alpha value is -3.98. The molecule has 272 valence electrons. The lowest BCUT2D eigenvalue weighted by atomic mass is 9.93. The second-order valence-corrected chi connectivity index (χ2v) is 14.6. The molecule has 1 aliphatic carbocycles. The standard InChI is InChI=1S/C19H21N.C12H15Cl2NO5S.C4H11N5/c1-20-14-6-11-19-17-9-4-2-7-15(17)12-13-16-8-3-5-10-18(16)19;1-21(19,20)8-4-2-7(3-5-8)10(17)9(6-16)15-12(18)11(13)14;1-9(2)4(7)8-3(5)6/h2-5,7-11,20H,6,12-14H2,1H3;2-5,9-11,16-17H,6H2,1H3,(H,15,18);1-2H3,(H5,5,6,7,8)/t;9-,10-;/m.1./s1. The number of hydrogen-bond donors (Lipinski definition) is 7. The monoisotopic (exact) mass is 747 g/mol. The van der Waals surface area contributed by atoms with E-state index in [1.807, 2.05) is 7.05 Å². The van der Waals surface area contributed by atoms with Crippen LogP contribution in [0.2, 0.25) is 0 Å². The van der Waals surface area contributed by atoms with Gasteiger partial charge < -0.3 is 37.2 Å². The number of guanidine groups is 2. The molecule has 9 N–H and O–H groups in total. The number of aliphatic hydroxyl groups is 2. The molecule has 0 saturated heterocycles. The van der Waals surface area contributed by atoms with Crippen molar-refractivity contribution >= 4 is 56.4 Å². The second kappa shape index (κ2) is 20.6. The van der Waals surface area contributed by atoms with Gasteiger partial charge in [0.05, 0.1) is 17.5 Å². The first kappa shape index (κ1) is 42.2. The fourth-order valence-corrected chi connectivity index (χ4v) is 5.59. The summed E-state index contributed by atoms with van der Waals surface area (Å²) in [6, 6.07) is 22.1. The van der Waals surface area contributed by atoms with Gasteiger partial charge in [-0.15, -0.1) is 0 Å². The lowest BCUT2D eigenvalue weighted by Crippen LogP contribution is -2.44. The van der Waals surface area contributed by atoms with Gasteiger partial charge in [0.25, 0.3) is 5.91 Å². The smallest absolute Gasteiger partial charge is 0.253 e. The largest absolute Gasteiger partial charge is 0.394 e. The third-order valence-corrected chi connectivity index (χ3v) is 8.99. The van der Waals surface area contributed by atoms with Crippen molar-refractivity contribution in [2.24, 2.45) is 16.5 Å². The normalized spacial score (nSPS) is 13.5. The molecule has 2 atom stereocenters. The quantitative estimate of drug-likeness (QED) is 0.0742. The number of carbonyl (C=O) groups is 1. The van der Waals surface area contributed by atoms with Crippen LogP contribution in [0.4, 0.5) is 0 Å². The van der Waals surface area contributed by atoms with Gasteiger partial charge in [-0.25, -0.2) is 8.42 Å². The number of nitrogens with two attached hydrogens (primary N) is 2. The van der Waals surface area contributed by atoms with Gasteiger partial charge in [0, 0.05) is 20.4 Å². The number of nitrogens with zero attached hydrogens (tertiary/aromatic N) is 2. The molecule has 3 aromatic rings. The number of fused-ring (bicyclic) bond motifs is 2. The minimum atomic E-state index is -3.34. The van der Waals surface area contributed by atoms with E-state index in [1.54, 1.807) is 19.0 Å². The Kier molecular flexibility index (Phi) is 17.4. The first-order valence-electron chi connectivity index (χ1n) is 15.6. The number of rotatable bonds is 9. The summed E-state index contributed by atoms with van der Waals surface area (Å²) in [4.78, 5) is 15.2. The molecule has 3 aromatic carbocycles. The Morgan fingerprint density at radius 2 is 1.52 bits per heavy atom. The Balaban J connectivity index is 0.000000281. The fourth-order valence-electron chi connectivity index (χ4n) is 4.84. The molecule has 0 radical (unpaired) electrons. The minimum Gasteiger partial charge on any atom is -0.394 e. The van der Waals surface area contributed by atoms with Crippen molar-refractivity contribution in [2.75, 3.05) is 40.6 Å². The van der Waals surface area contributed by atoms with Crippen LogP contribution in [0.3, 0.4) is 0 Å². The van der Waals surface area contributed by atoms with E-state index in [0.29, 0.717) is 5.56 Å². The minimum absolute atomic E-state index is 0.101. The molecule has 15 heteroatoms. The Labute approximate surface area is 304 Å². The molecule has 1 aliphatic rings. The summed E-state index contributed by atoms with van der Waals surface area (Å²) in [5, 5.41) is 31.5. The third-order valence-electron chi connectivity index (χ3n) is 7.47. The molecule has 0 unspecified atom stereocenters. The molecule has 0 fully saturated rings. The molecule has 12 nitrogen and oxygen atoms in total.